The number of nitrogens with zero attached hydrogens (tertiary/aromatic N) is 2. The summed E-state index contributed by atoms with van der Waals surface area (Å²) in [5, 5.41) is 2.81. The summed E-state index contributed by atoms with van der Waals surface area (Å²) >= 11 is 2.13. The van der Waals surface area contributed by atoms with Crippen LogP contribution in [0.2, 0.25) is 0 Å². The molecule has 1 atom stereocenters. The first-order chi connectivity index (χ1) is 14.6. The minimum Gasteiger partial charge on any atom is -0.354 e. The average molecular weight is 557 g/mol. The Labute approximate surface area is 198 Å². The van der Waals surface area contributed by atoms with E-state index in [1.807, 2.05) is 37.3 Å². The highest BCUT2D eigenvalue weighted by Crippen LogP contribution is 2.20. The molecule has 0 saturated heterocycles. The first kappa shape index (κ1) is 25.1. The Hall–Kier alpha value is -2.14. The van der Waals surface area contributed by atoms with Crippen molar-refractivity contribution in [1.82, 2.24) is 10.2 Å². The van der Waals surface area contributed by atoms with Crippen LogP contribution >= 0.6 is 22.6 Å². The van der Waals surface area contributed by atoms with E-state index in [-0.39, 0.29) is 12.5 Å². The van der Waals surface area contributed by atoms with Crippen LogP contribution in [0.25, 0.3) is 0 Å². The second-order valence-corrected chi connectivity index (χ2v) is 10.4. The number of benzene rings is 2. The molecule has 0 aliphatic rings. The van der Waals surface area contributed by atoms with Crippen molar-refractivity contribution in [2.45, 2.75) is 32.9 Å². The van der Waals surface area contributed by atoms with Gasteiger partial charge in [-0.05, 0) is 65.8 Å². The zero-order chi connectivity index (χ0) is 23.0. The largest absolute Gasteiger partial charge is 0.354 e. The highest BCUT2D eigenvalue weighted by molar-refractivity contribution is 14.1. The van der Waals surface area contributed by atoms with Gasteiger partial charge in [0.15, 0.2) is 0 Å². The van der Waals surface area contributed by atoms with Crippen LogP contribution in [0.15, 0.2) is 54.6 Å². The van der Waals surface area contributed by atoms with Crippen LogP contribution < -0.4 is 9.62 Å². The Morgan fingerprint density at radius 3 is 2.23 bits per heavy atom. The lowest BCUT2D eigenvalue weighted by Gasteiger charge is -2.31. The van der Waals surface area contributed by atoms with Crippen molar-refractivity contribution in [2.75, 3.05) is 23.7 Å². The SMILES string of the molecule is CCCNC(=O)C(C)N(Cc1ccccc1)C(=O)CN(c1ccc(I)cc1)S(C)(=O)=O. The molecule has 0 heterocycles. The van der Waals surface area contributed by atoms with Gasteiger partial charge in [-0.15, -0.1) is 0 Å². The van der Waals surface area contributed by atoms with Gasteiger partial charge in [-0.1, -0.05) is 37.3 Å². The average Bonchev–Trinajstić information content (AvgIpc) is 2.74. The minimum atomic E-state index is -3.71. The van der Waals surface area contributed by atoms with E-state index in [1.54, 1.807) is 31.2 Å². The van der Waals surface area contributed by atoms with Crippen molar-refractivity contribution in [1.29, 1.82) is 0 Å². The molecule has 0 bridgehead atoms. The fraction of sp³-hybridized carbons (Fsp3) is 0.364. The summed E-state index contributed by atoms with van der Waals surface area (Å²) in [6.45, 7) is 3.92. The molecule has 7 nitrogen and oxygen atoms in total. The summed E-state index contributed by atoms with van der Waals surface area (Å²) < 4.78 is 26.9. The number of hydrogen-bond donors (Lipinski definition) is 1. The van der Waals surface area contributed by atoms with Crippen LogP contribution in [0, 0.1) is 3.57 Å². The van der Waals surface area contributed by atoms with Gasteiger partial charge in [-0.25, -0.2) is 8.42 Å². The third kappa shape index (κ3) is 7.49. The van der Waals surface area contributed by atoms with Gasteiger partial charge in [0.1, 0.15) is 12.6 Å². The second kappa shape index (κ2) is 11.5. The normalized spacial score (nSPS) is 12.1. The predicted octanol–water partition coefficient (Wildman–Crippen LogP) is 3.00. The number of carbonyl (C=O) groups excluding carboxylic acids is 2. The smallest absolute Gasteiger partial charge is 0.244 e. The molecule has 0 spiro atoms. The Bertz CT molecular complexity index is 982. The van der Waals surface area contributed by atoms with Crippen molar-refractivity contribution in [3.8, 4) is 0 Å². The first-order valence-electron chi connectivity index (χ1n) is 9.98. The van der Waals surface area contributed by atoms with Crippen LogP contribution in [0.5, 0.6) is 0 Å². The molecule has 0 aliphatic heterocycles. The second-order valence-electron chi connectivity index (χ2n) is 7.22. The number of rotatable bonds is 10. The van der Waals surface area contributed by atoms with E-state index in [0.717, 1.165) is 26.1 Å². The van der Waals surface area contributed by atoms with Crippen molar-refractivity contribution in [3.63, 3.8) is 0 Å². The molecule has 0 radical (unpaired) electrons. The molecule has 168 valence electrons. The summed E-state index contributed by atoms with van der Waals surface area (Å²) in [5.41, 5.74) is 1.25. The maximum absolute atomic E-state index is 13.3. The molecule has 31 heavy (non-hydrogen) atoms. The lowest BCUT2D eigenvalue weighted by Crippen LogP contribution is -2.51. The van der Waals surface area contributed by atoms with Crippen LogP contribution in [-0.2, 0) is 26.2 Å². The number of anilines is 1. The summed E-state index contributed by atoms with van der Waals surface area (Å²) in [5.74, 6) is -0.724. The van der Waals surface area contributed by atoms with E-state index < -0.39 is 28.5 Å². The number of amides is 2. The van der Waals surface area contributed by atoms with E-state index in [2.05, 4.69) is 27.9 Å². The highest BCUT2D eigenvalue weighted by Gasteiger charge is 2.29. The Balaban J connectivity index is 2.32. The molecular formula is C22H28IN3O4S. The Kier molecular flexibility index (Phi) is 9.30. The predicted molar refractivity (Wildman–Crippen MR) is 131 cm³/mol. The fourth-order valence-electron chi connectivity index (χ4n) is 2.98. The van der Waals surface area contributed by atoms with Gasteiger partial charge in [0.2, 0.25) is 21.8 Å². The van der Waals surface area contributed by atoms with Gasteiger partial charge in [0, 0.05) is 16.7 Å². The van der Waals surface area contributed by atoms with E-state index in [4.69, 9.17) is 0 Å². The van der Waals surface area contributed by atoms with Gasteiger partial charge < -0.3 is 10.2 Å². The van der Waals surface area contributed by atoms with Crippen molar-refractivity contribution < 1.29 is 18.0 Å². The Morgan fingerprint density at radius 2 is 1.68 bits per heavy atom. The Morgan fingerprint density at radius 1 is 1.06 bits per heavy atom. The summed E-state index contributed by atoms with van der Waals surface area (Å²) in [4.78, 5) is 27.3. The van der Waals surface area contributed by atoms with E-state index in [9.17, 15) is 18.0 Å². The van der Waals surface area contributed by atoms with Crippen LogP contribution in [0.3, 0.4) is 0 Å². The minimum absolute atomic E-state index is 0.199. The molecule has 0 saturated carbocycles. The van der Waals surface area contributed by atoms with Gasteiger partial charge >= 0.3 is 0 Å². The molecule has 0 fully saturated rings. The summed E-state index contributed by atoms with van der Waals surface area (Å²) in [7, 11) is -3.71. The zero-order valence-corrected chi connectivity index (χ0v) is 20.9. The van der Waals surface area contributed by atoms with Crippen LogP contribution in [-0.4, -0.2) is 50.5 Å². The zero-order valence-electron chi connectivity index (χ0n) is 17.9. The molecule has 0 aliphatic carbocycles. The fourth-order valence-corrected chi connectivity index (χ4v) is 4.19. The number of hydrogen-bond acceptors (Lipinski definition) is 4. The van der Waals surface area contributed by atoms with Crippen molar-refractivity contribution >= 4 is 50.1 Å². The maximum atomic E-state index is 13.3. The van der Waals surface area contributed by atoms with Crippen molar-refractivity contribution in [2.24, 2.45) is 0 Å². The number of sulfonamides is 1. The standard InChI is InChI=1S/C22H28IN3O4S/c1-4-14-24-22(28)17(2)25(15-18-8-6-5-7-9-18)21(27)16-26(31(3,29)30)20-12-10-19(23)11-13-20/h5-13,17H,4,14-16H2,1-3H3,(H,24,28). The molecule has 9 heteroatoms. The molecule has 1 unspecified atom stereocenters. The van der Waals surface area contributed by atoms with Gasteiger partial charge in [0.25, 0.3) is 0 Å². The topological polar surface area (TPSA) is 86.8 Å². The molecule has 2 aromatic carbocycles. The first-order valence-corrected chi connectivity index (χ1v) is 12.9. The highest BCUT2D eigenvalue weighted by atomic mass is 127. The number of halogens is 1. The molecule has 1 N–H and O–H groups in total. The third-order valence-corrected chi connectivity index (χ3v) is 6.57. The lowest BCUT2D eigenvalue weighted by molar-refractivity contribution is -0.139. The number of carbonyl (C=O) groups is 2. The molecule has 2 rings (SSSR count). The molecule has 2 aromatic rings. The van der Waals surface area contributed by atoms with E-state index in [1.165, 1.54) is 4.90 Å². The number of nitrogens with one attached hydrogen (secondary N) is 1. The van der Waals surface area contributed by atoms with E-state index in [0.29, 0.717) is 12.2 Å². The van der Waals surface area contributed by atoms with Crippen LogP contribution in [0.4, 0.5) is 5.69 Å². The molecule has 0 aromatic heterocycles. The van der Waals surface area contributed by atoms with Gasteiger partial charge in [0.05, 0.1) is 11.9 Å². The summed E-state index contributed by atoms with van der Waals surface area (Å²) in [6, 6.07) is 15.4. The van der Waals surface area contributed by atoms with Gasteiger partial charge in [-0.2, -0.15) is 0 Å². The lowest BCUT2D eigenvalue weighted by atomic mass is 10.1. The quantitative estimate of drug-likeness (QED) is 0.456. The monoisotopic (exact) mass is 557 g/mol. The third-order valence-electron chi connectivity index (χ3n) is 4.71. The van der Waals surface area contributed by atoms with Gasteiger partial charge in [-0.3, -0.25) is 13.9 Å². The molecular weight excluding hydrogens is 529 g/mol. The molecule has 2 amide bonds. The van der Waals surface area contributed by atoms with E-state index >= 15 is 0 Å². The van der Waals surface area contributed by atoms with Crippen molar-refractivity contribution in [3.05, 3.63) is 63.7 Å². The van der Waals surface area contributed by atoms with Crippen LogP contribution in [0.1, 0.15) is 25.8 Å². The maximum Gasteiger partial charge on any atom is 0.244 e. The summed E-state index contributed by atoms with van der Waals surface area (Å²) in [6.07, 6.45) is 1.84.